The molecule has 5 nitrogen and oxygen atoms in total. The summed E-state index contributed by atoms with van der Waals surface area (Å²) in [5.41, 5.74) is -0.296. The number of nitrogens with zero attached hydrogens (tertiary/aromatic N) is 3. The Kier molecular flexibility index (Phi) is 3.70. The molecule has 1 unspecified atom stereocenters. The maximum atomic E-state index is 6.08. The zero-order valence-electron chi connectivity index (χ0n) is 10.4. The molecule has 1 aromatic rings. The van der Waals surface area contributed by atoms with Gasteiger partial charge in [0.05, 0.1) is 13.2 Å². The molecule has 1 atom stereocenters. The molecule has 1 aromatic heterocycles. The third-order valence-electron chi connectivity index (χ3n) is 3.20. The summed E-state index contributed by atoms with van der Waals surface area (Å²) in [5.74, 6) is 1.17. The number of hydrogen-bond donors (Lipinski definition) is 0. The van der Waals surface area contributed by atoms with Crippen molar-refractivity contribution in [3.63, 3.8) is 0 Å². The topological polar surface area (TPSA) is 49.2 Å². The van der Waals surface area contributed by atoms with E-state index in [1.807, 2.05) is 4.57 Å². The molecular formula is C11H18ClN3O2. The molecule has 0 saturated carbocycles. The summed E-state index contributed by atoms with van der Waals surface area (Å²) in [5, 5.41) is 8.45. The highest BCUT2D eigenvalue weighted by molar-refractivity contribution is 6.28. The molecule has 0 bridgehead atoms. The van der Waals surface area contributed by atoms with E-state index in [1.54, 1.807) is 7.11 Å². The van der Waals surface area contributed by atoms with Crippen LogP contribution in [-0.2, 0) is 16.0 Å². The summed E-state index contributed by atoms with van der Waals surface area (Å²) in [6.45, 7) is 6.10. The van der Waals surface area contributed by atoms with Gasteiger partial charge < -0.3 is 9.47 Å². The number of rotatable bonds is 4. The van der Waals surface area contributed by atoms with Crippen LogP contribution in [0.1, 0.15) is 32.0 Å². The molecular weight excluding hydrogens is 242 g/mol. The van der Waals surface area contributed by atoms with E-state index in [1.165, 1.54) is 0 Å². The van der Waals surface area contributed by atoms with Gasteiger partial charge >= 0.3 is 0 Å². The van der Waals surface area contributed by atoms with E-state index < -0.39 is 0 Å². The minimum Gasteiger partial charge on any atom is -0.378 e. The van der Waals surface area contributed by atoms with Crippen LogP contribution in [0.25, 0.3) is 0 Å². The monoisotopic (exact) mass is 259 g/mol. The standard InChI is InChI=1S/C11H18ClN3O2/c1-8(2)9-13-14-10(12)15(9)6-11(16-3)4-5-17-7-11/h8H,4-7H2,1-3H3. The highest BCUT2D eigenvalue weighted by Crippen LogP contribution is 2.27. The van der Waals surface area contributed by atoms with Crippen molar-refractivity contribution < 1.29 is 9.47 Å². The summed E-state index contributed by atoms with van der Waals surface area (Å²) in [6.07, 6.45) is 0.871. The predicted octanol–water partition coefficient (Wildman–Crippen LogP) is 1.86. The van der Waals surface area contributed by atoms with E-state index >= 15 is 0 Å². The number of aromatic nitrogens is 3. The zero-order valence-corrected chi connectivity index (χ0v) is 11.2. The molecule has 1 saturated heterocycles. The van der Waals surface area contributed by atoms with Crippen LogP contribution in [0.2, 0.25) is 5.28 Å². The molecule has 2 rings (SSSR count). The van der Waals surface area contributed by atoms with Crippen LogP contribution in [0, 0.1) is 0 Å². The van der Waals surface area contributed by atoms with Gasteiger partial charge in [0, 0.05) is 26.1 Å². The Morgan fingerprint density at radius 3 is 2.82 bits per heavy atom. The van der Waals surface area contributed by atoms with Crippen LogP contribution < -0.4 is 0 Å². The lowest BCUT2D eigenvalue weighted by Crippen LogP contribution is -2.37. The van der Waals surface area contributed by atoms with E-state index in [-0.39, 0.29) is 11.5 Å². The Labute approximate surface area is 106 Å². The van der Waals surface area contributed by atoms with Gasteiger partial charge in [-0.25, -0.2) is 0 Å². The summed E-state index contributed by atoms with van der Waals surface area (Å²) < 4.78 is 12.9. The lowest BCUT2D eigenvalue weighted by Gasteiger charge is -2.27. The second-order valence-electron chi connectivity index (χ2n) is 4.76. The number of halogens is 1. The summed E-state index contributed by atoms with van der Waals surface area (Å²) in [6, 6.07) is 0. The Bertz CT molecular complexity index is 386. The van der Waals surface area contributed by atoms with Crippen LogP contribution in [0.15, 0.2) is 0 Å². The summed E-state index contributed by atoms with van der Waals surface area (Å²) in [4.78, 5) is 0. The number of ether oxygens (including phenoxy) is 2. The van der Waals surface area contributed by atoms with E-state index in [0.717, 1.165) is 18.9 Å². The Morgan fingerprint density at radius 2 is 2.29 bits per heavy atom. The minimum atomic E-state index is -0.296. The predicted molar refractivity (Wildman–Crippen MR) is 64.3 cm³/mol. The maximum Gasteiger partial charge on any atom is 0.225 e. The SMILES string of the molecule is COC1(Cn2c(Cl)nnc2C(C)C)CCOC1. The van der Waals surface area contributed by atoms with E-state index in [4.69, 9.17) is 21.1 Å². The molecule has 1 aliphatic rings. The largest absolute Gasteiger partial charge is 0.378 e. The Hall–Kier alpha value is -0.650. The molecule has 0 spiro atoms. The smallest absolute Gasteiger partial charge is 0.225 e. The highest BCUT2D eigenvalue weighted by atomic mass is 35.5. The lowest BCUT2D eigenvalue weighted by atomic mass is 10.0. The van der Waals surface area contributed by atoms with Crippen molar-refractivity contribution in [2.24, 2.45) is 0 Å². The average Bonchev–Trinajstić information content (AvgIpc) is 2.89. The minimum absolute atomic E-state index is 0.284. The van der Waals surface area contributed by atoms with Crippen molar-refractivity contribution in [2.75, 3.05) is 20.3 Å². The first-order chi connectivity index (χ1) is 8.08. The van der Waals surface area contributed by atoms with Crippen molar-refractivity contribution in [2.45, 2.75) is 38.3 Å². The first kappa shape index (κ1) is 12.8. The second kappa shape index (κ2) is 4.92. The fraction of sp³-hybridized carbons (Fsp3) is 0.818. The van der Waals surface area contributed by atoms with Crippen molar-refractivity contribution in [3.05, 3.63) is 11.1 Å². The van der Waals surface area contributed by atoms with Crippen molar-refractivity contribution >= 4 is 11.6 Å². The van der Waals surface area contributed by atoms with Crippen LogP contribution in [0.5, 0.6) is 0 Å². The van der Waals surface area contributed by atoms with E-state index in [2.05, 4.69) is 24.0 Å². The zero-order chi connectivity index (χ0) is 12.5. The second-order valence-corrected chi connectivity index (χ2v) is 5.10. The van der Waals surface area contributed by atoms with Gasteiger partial charge in [-0.1, -0.05) is 13.8 Å². The van der Waals surface area contributed by atoms with E-state index in [9.17, 15) is 0 Å². The number of hydrogen-bond acceptors (Lipinski definition) is 4. The van der Waals surface area contributed by atoms with Crippen LogP contribution in [0.4, 0.5) is 0 Å². The average molecular weight is 260 g/mol. The fourth-order valence-corrected chi connectivity index (χ4v) is 2.28. The van der Waals surface area contributed by atoms with Crippen molar-refractivity contribution in [3.8, 4) is 0 Å². The van der Waals surface area contributed by atoms with Gasteiger partial charge in [0.25, 0.3) is 0 Å². The fourth-order valence-electron chi connectivity index (χ4n) is 2.10. The van der Waals surface area contributed by atoms with Gasteiger partial charge in [-0.3, -0.25) is 4.57 Å². The van der Waals surface area contributed by atoms with Gasteiger partial charge in [0.2, 0.25) is 5.28 Å². The molecule has 6 heteroatoms. The third-order valence-corrected chi connectivity index (χ3v) is 3.48. The molecule has 2 heterocycles. The van der Waals surface area contributed by atoms with Gasteiger partial charge in [0.15, 0.2) is 0 Å². The molecule has 1 aliphatic heterocycles. The first-order valence-electron chi connectivity index (χ1n) is 5.79. The molecule has 0 radical (unpaired) electrons. The van der Waals surface area contributed by atoms with E-state index in [0.29, 0.717) is 18.4 Å². The molecule has 0 aromatic carbocycles. The normalized spacial score (nSPS) is 24.8. The van der Waals surface area contributed by atoms with Crippen molar-refractivity contribution in [1.29, 1.82) is 0 Å². The van der Waals surface area contributed by atoms with Gasteiger partial charge in [0.1, 0.15) is 11.4 Å². The quantitative estimate of drug-likeness (QED) is 0.828. The summed E-state index contributed by atoms with van der Waals surface area (Å²) >= 11 is 6.08. The molecule has 0 aliphatic carbocycles. The molecule has 17 heavy (non-hydrogen) atoms. The van der Waals surface area contributed by atoms with Gasteiger partial charge in [-0.2, -0.15) is 0 Å². The lowest BCUT2D eigenvalue weighted by molar-refractivity contribution is -0.0301. The third kappa shape index (κ3) is 2.46. The summed E-state index contributed by atoms with van der Waals surface area (Å²) in [7, 11) is 1.71. The Balaban J connectivity index is 2.25. The van der Waals surface area contributed by atoms with Crippen molar-refractivity contribution in [1.82, 2.24) is 14.8 Å². The molecule has 96 valence electrons. The first-order valence-corrected chi connectivity index (χ1v) is 6.17. The van der Waals surface area contributed by atoms with Gasteiger partial charge in [-0.15, -0.1) is 10.2 Å². The van der Waals surface area contributed by atoms with Gasteiger partial charge in [-0.05, 0) is 11.6 Å². The van der Waals surface area contributed by atoms with Crippen LogP contribution in [-0.4, -0.2) is 40.7 Å². The number of methoxy groups -OCH3 is 1. The molecule has 0 N–H and O–H groups in total. The van der Waals surface area contributed by atoms with Crippen LogP contribution >= 0.6 is 11.6 Å². The molecule has 1 fully saturated rings. The highest BCUT2D eigenvalue weighted by Gasteiger charge is 2.36. The molecule has 0 amide bonds. The maximum absolute atomic E-state index is 6.08. The Morgan fingerprint density at radius 1 is 1.53 bits per heavy atom. The van der Waals surface area contributed by atoms with Crippen LogP contribution in [0.3, 0.4) is 0 Å².